The van der Waals surface area contributed by atoms with E-state index in [1.54, 1.807) is 11.8 Å². The van der Waals surface area contributed by atoms with Gasteiger partial charge in [0.2, 0.25) is 5.71 Å². The fourth-order valence-electron chi connectivity index (χ4n) is 8.27. The molecule has 3 heterocycles. The Morgan fingerprint density at radius 3 is 2.02 bits per heavy atom. The lowest BCUT2D eigenvalue weighted by Crippen LogP contribution is -2.32. The van der Waals surface area contributed by atoms with Crippen LogP contribution in [0.5, 0.6) is 0 Å². The molecule has 0 radical (unpaired) electrons. The lowest BCUT2D eigenvalue weighted by Gasteiger charge is -2.31. The summed E-state index contributed by atoms with van der Waals surface area (Å²) in [5.74, 6) is 0.815. The van der Waals surface area contributed by atoms with Crippen LogP contribution in [0.1, 0.15) is 33.4 Å². The molecule has 0 saturated heterocycles. The number of rotatable bonds is 4. The molecule has 2 aliphatic heterocycles. The third kappa shape index (κ3) is 5.23. The van der Waals surface area contributed by atoms with Gasteiger partial charge in [-0.25, -0.2) is 9.98 Å². The molecule has 7 aromatic rings. The Morgan fingerprint density at radius 2 is 1.19 bits per heavy atom. The predicted molar refractivity (Wildman–Crippen MR) is 227 cm³/mol. The highest BCUT2D eigenvalue weighted by Crippen LogP contribution is 2.58. The Hall–Kier alpha value is -6.71. The molecule has 0 amide bonds. The first kappa shape index (κ1) is 32.0. The Bertz CT molecular complexity index is 2800. The van der Waals surface area contributed by atoms with Gasteiger partial charge in [-0.1, -0.05) is 163 Å². The smallest absolute Gasteiger partial charge is 0.256 e. The number of aromatic nitrogens is 1. The fourth-order valence-corrected chi connectivity index (χ4v) is 9.10. The Morgan fingerprint density at radius 1 is 0.537 bits per heavy atom. The summed E-state index contributed by atoms with van der Waals surface area (Å²) in [6.45, 7) is 0. The van der Waals surface area contributed by atoms with E-state index in [0.717, 1.165) is 56.0 Å². The van der Waals surface area contributed by atoms with Crippen LogP contribution in [0.4, 0.5) is 0 Å². The second-order valence-corrected chi connectivity index (χ2v) is 14.5. The molecular weight excluding hydrogens is 675 g/mol. The van der Waals surface area contributed by atoms with Crippen LogP contribution in [0.2, 0.25) is 0 Å². The van der Waals surface area contributed by atoms with E-state index in [-0.39, 0.29) is 0 Å². The van der Waals surface area contributed by atoms with Gasteiger partial charge in [-0.15, -0.1) is 0 Å². The average molecular weight is 709 g/mol. The maximum absolute atomic E-state index is 5.43. The highest BCUT2D eigenvalue weighted by Gasteiger charge is 2.47. The molecule has 1 aliphatic carbocycles. The summed E-state index contributed by atoms with van der Waals surface area (Å²) in [4.78, 5) is 6.17. The summed E-state index contributed by atoms with van der Waals surface area (Å²) in [5, 5.41) is 7.11. The van der Waals surface area contributed by atoms with Gasteiger partial charge in [-0.05, 0) is 63.6 Å². The standard InChI is InChI=1S/C50H33N3S/c1-2-12-32-54-45-29-10-9-26-40(45)50(30-11-1)41-27-14-23-37(38-24-13-21-36-22-16-31-51-48(36)38)46(41)47-39(25-15-28-42(47)50)49-52-43(34-17-5-3-6-18-34)33-44(53-49)35-19-7-4-8-20-35/h1-33H/p+1/b2-1-,30-11+,32-12+. The van der Waals surface area contributed by atoms with Crippen molar-refractivity contribution in [1.82, 2.24) is 15.0 Å². The number of allylic oxidation sites excluding steroid dienone is 6. The van der Waals surface area contributed by atoms with Gasteiger partial charge in [0.15, 0.2) is 0 Å². The van der Waals surface area contributed by atoms with Crippen LogP contribution in [-0.2, 0) is 5.41 Å². The number of pyridine rings is 1. The van der Waals surface area contributed by atoms with Gasteiger partial charge in [-0.3, -0.25) is 4.98 Å². The number of fused-ring (bicyclic) bond motifs is 8. The van der Waals surface area contributed by atoms with Crippen molar-refractivity contribution in [2.24, 2.45) is 0 Å². The summed E-state index contributed by atoms with van der Waals surface area (Å²) in [6, 6.07) is 54.1. The number of para-hydroxylation sites is 1. The molecule has 0 fully saturated rings. The normalized spacial score (nSPS) is 18.6. The van der Waals surface area contributed by atoms with E-state index in [4.69, 9.17) is 9.65 Å². The molecule has 1 N–H and O–H groups in total. The van der Waals surface area contributed by atoms with Crippen molar-refractivity contribution in [1.29, 1.82) is 0 Å². The molecule has 0 saturated carbocycles. The highest BCUT2D eigenvalue weighted by molar-refractivity contribution is 8.02. The molecule has 3 aliphatic rings. The first-order valence-corrected chi connectivity index (χ1v) is 19.1. The van der Waals surface area contributed by atoms with Crippen LogP contribution in [0, 0.1) is 0 Å². The second kappa shape index (κ2) is 13.4. The highest BCUT2D eigenvalue weighted by atomic mass is 32.2. The van der Waals surface area contributed by atoms with Gasteiger partial charge in [0, 0.05) is 38.7 Å². The van der Waals surface area contributed by atoms with Crippen molar-refractivity contribution < 1.29 is 0 Å². The predicted octanol–water partition coefficient (Wildman–Crippen LogP) is 10.9. The quantitative estimate of drug-likeness (QED) is 0.185. The third-order valence-electron chi connectivity index (χ3n) is 10.6. The van der Waals surface area contributed by atoms with E-state index in [1.165, 1.54) is 32.7 Å². The van der Waals surface area contributed by atoms with Crippen LogP contribution in [0.3, 0.4) is 0 Å². The van der Waals surface area contributed by atoms with E-state index in [2.05, 4.69) is 193 Å². The summed E-state index contributed by atoms with van der Waals surface area (Å²) in [5.41, 5.74) is 13.9. The fraction of sp³-hybridized carbons (Fsp3) is 0.0200. The Kier molecular flexibility index (Phi) is 7.91. The monoisotopic (exact) mass is 708 g/mol. The lowest BCUT2D eigenvalue weighted by molar-refractivity contribution is 0.783. The minimum Gasteiger partial charge on any atom is -0.256 e. The molecule has 10 rings (SSSR count). The molecule has 4 heteroatoms. The lowest BCUT2D eigenvalue weighted by atomic mass is 9.71. The zero-order valence-corrected chi connectivity index (χ0v) is 30.2. The molecule has 1 unspecified atom stereocenters. The number of amidine groups is 1. The third-order valence-corrected chi connectivity index (χ3v) is 11.5. The topological polar surface area (TPSA) is 39.0 Å². The zero-order chi connectivity index (χ0) is 35.9. The molecule has 54 heavy (non-hydrogen) atoms. The molecule has 0 bridgehead atoms. The van der Waals surface area contributed by atoms with E-state index in [1.807, 2.05) is 12.3 Å². The van der Waals surface area contributed by atoms with Crippen molar-refractivity contribution in [3.05, 3.63) is 233 Å². The van der Waals surface area contributed by atoms with Gasteiger partial charge in [-0.2, -0.15) is 0 Å². The van der Waals surface area contributed by atoms with Crippen LogP contribution in [-0.4, -0.2) is 16.5 Å². The summed E-state index contributed by atoms with van der Waals surface area (Å²) in [7, 11) is 0. The number of nitrogens with one attached hydrogen (secondary N) is 1. The van der Waals surface area contributed by atoms with Crippen molar-refractivity contribution >= 4 is 39.9 Å². The molecule has 1 spiro atoms. The number of thioether (sulfide) groups is 1. The van der Waals surface area contributed by atoms with Crippen molar-refractivity contribution in [2.75, 3.05) is 0 Å². The van der Waals surface area contributed by atoms with Crippen LogP contribution in [0.25, 0.3) is 38.9 Å². The van der Waals surface area contributed by atoms with Crippen molar-refractivity contribution in [3.8, 4) is 22.3 Å². The molecule has 3 nitrogen and oxygen atoms in total. The molecule has 1 aromatic heterocycles. The summed E-state index contributed by atoms with van der Waals surface area (Å²) in [6.07, 6.45) is 15.0. The van der Waals surface area contributed by atoms with E-state index in [9.17, 15) is 0 Å². The van der Waals surface area contributed by atoms with Gasteiger partial charge < -0.3 is 0 Å². The maximum Gasteiger partial charge on any atom is 0.381 e. The average Bonchev–Trinajstić information content (AvgIpc) is 3.54. The van der Waals surface area contributed by atoms with Crippen LogP contribution < -0.4 is 9.98 Å². The van der Waals surface area contributed by atoms with Crippen molar-refractivity contribution in [2.45, 2.75) is 10.3 Å². The number of nitrogens with zero attached hydrogens (tertiary/aromatic N) is 2. The van der Waals surface area contributed by atoms with Gasteiger partial charge >= 0.3 is 5.84 Å². The maximum atomic E-state index is 5.43. The summed E-state index contributed by atoms with van der Waals surface area (Å²) >= 11 is 1.76. The first-order valence-electron chi connectivity index (χ1n) is 18.2. The molecule has 254 valence electrons. The van der Waals surface area contributed by atoms with Crippen LogP contribution in [0.15, 0.2) is 205 Å². The van der Waals surface area contributed by atoms with Gasteiger partial charge in [0.05, 0.1) is 22.6 Å². The Labute approximate surface area is 319 Å². The van der Waals surface area contributed by atoms with Gasteiger partial charge in [0.25, 0.3) is 0 Å². The van der Waals surface area contributed by atoms with E-state index >= 15 is 0 Å². The molecule has 6 aromatic carbocycles. The molecule has 1 atom stereocenters. The zero-order valence-electron chi connectivity index (χ0n) is 29.4. The minimum absolute atomic E-state index is 0.590. The van der Waals surface area contributed by atoms with E-state index < -0.39 is 5.41 Å². The number of hydrogen-bond acceptors (Lipinski definition) is 3. The minimum atomic E-state index is -0.590. The number of hydrogen-bond donors (Lipinski definition) is 1. The Balaban J connectivity index is 1.32. The van der Waals surface area contributed by atoms with Gasteiger partial charge in [0.1, 0.15) is 5.70 Å². The second-order valence-electron chi connectivity index (χ2n) is 13.6. The van der Waals surface area contributed by atoms with Crippen LogP contribution >= 0.6 is 11.8 Å². The number of benzene rings is 6. The summed E-state index contributed by atoms with van der Waals surface area (Å²) < 4.78 is 5.43. The van der Waals surface area contributed by atoms with Crippen molar-refractivity contribution in [3.63, 3.8) is 0 Å². The molecular formula is C50H34N3S+. The van der Waals surface area contributed by atoms with E-state index in [0.29, 0.717) is 0 Å². The first-order chi connectivity index (χ1) is 26.8. The SMILES string of the molecule is C1=C(c2ccccc2)NC(c2cccc3c2-c2c(-c4cccc5cccnc45)cccc2C32/C=C/C=C\C=C\Sc3ccccc32)=[N+]=C1c1ccccc1. The largest absolute Gasteiger partial charge is 0.381 e.